The Bertz CT molecular complexity index is 483. The highest BCUT2D eigenvalue weighted by Gasteiger charge is 2.26. The Morgan fingerprint density at radius 2 is 2.00 bits per heavy atom. The average Bonchev–Trinajstić information content (AvgIpc) is 2.61. The van der Waals surface area contributed by atoms with Crippen LogP contribution in [-0.4, -0.2) is 26.8 Å². The van der Waals surface area contributed by atoms with Gasteiger partial charge in [-0.15, -0.1) is 0 Å². The molecular weight excluding hydrogens is 224 g/mol. The number of hydrogen-bond acceptors (Lipinski definition) is 2. The highest BCUT2D eigenvalue weighted by atomic mass is 32.2. The molecule has 1 aliphatic carbocycles. The van der Waals surface area contributed by atoms with Crippen LogP contribution in [0.15, 0.2) is 24.3 Å². The molecule has 0 fully saturated rings. The van der Waals surface area contributed by atoms with Crippen molar-refractivity contribution in [3.8, 4) is 0 Å². The molecule has 0 saturated carbocycles. The van der Waals surface area contributed by atoms with Gasteiger partial charge in [-0.3, -0.25) is 0 Å². The lowest BCUT2D eigenvalue weighted by Crippen LogP contribution is -2.37. The maximum atomic E-state index is 11.7. The first-order valence-corrected chi connectivity index (χ1v) is 6.72. The van der Waals surface area contributed by atoms with Crippen molar-refractivity contribution in [3.63, 3.8) is 0 Å². The Balaban J connectivity index is 2.21. The van der Waals surface area contributed by atoms with Crippen LogP contribution < -0.4 is 4.72 Å². The monoisotopic (exact) mass is 240 g/mol. The van der Waals surface area contributed by atoms with Gasteiger partial charge in [0.05, 0.1) is 0 Å². The average molecular weight is 240 g/mol. The normalized spacial score (nSPS) is 20.1. The van der Waals surface area contributed by atoms with Gasteiger partial charge in [-0.2, -0.15) is 17.4 Å². The van der Waals surface area contributed by atoms with Crippen LogP contribution >= 0.6 is 0 Å². The SMILES string of the molecule is CN(C)S(=O)(=O)NC1CCc2ccccc21. The Morgan fingerprint density at radius 1 is 1.31 bits per heavy atom. The fourth-order valence-electron chi connectivity index (χ4n) is 1.96. The molecule has 0 spiro atoms. The molecule has 1 N–H and O–H groups in total. The second-order valence-corrected chi connectivity index (χ2v) is 6.11. The molecular formula is C11H16N2O2S. The van der Waals surface area contributed by atoms with Crippen molar-refractivity contribution in [2.24, 2.45) is 0 Å². The first-order chi connectivity index (χ1) is 7.50. The number of rotatable bonds is 3. The summed E-state index contributed by atoms with van der Waals surface area (Å²) in [6.45, 7) is 0. The van der Waals surface area contributed by atoms with E-state index >= 15 is 0 Å². The number of nitrogens with one attached hydrogen (secondary N) is 1. The smallest absolute Gasteiger partial charge is 0.195 e. The largest absolute Gasteiger partial charge is 0.279 e. The van der Waals surface area contributed by atoms with E-state index in [1.807, 2.05) is 18.2 Å². The Labute approximate surface area is 96.5 Å². The van der Waals surface area contributed by atoms with E-state index in [1.165, 1.54) is 24.0 Å². The van der Waals surface area contributed by atoms with E-state index in [9.17, 15) is 8.42 Å². The van der Waals surface area contributed by atoms with Crippen LogP contribution in [-0.2, 0) is 16.6 Å². The van der Waals surface area contributed by atoms with Gasteiger partial charge in [0.1, 0.15) is 0 Å². The van der Waals surface area contributed by atoms with Gasteiger partial charge in [-0.25, -0.2) is 0 Å². The van der Waals surface area contributed by atoms with E-state index in [0.29, 0.717) is 0 Å². The molecule has 1 unspecified atom stereocenters. The van der Waals surface area contributed by atoms with Crippen molar-refractivity contribution in [3.05, 3.63) is 35.4 Å². The molecule has 0 amide bonds. The molecule has 1 atom stereocenters. The van der Waals surface area contributed by atoms with Gasteiger partial charge in [-0.1, -0.05) is 24.3 Å². The van der Waals surface area contributed by atoms with Crippen molar-refractivity contribution < 1.29 is 8.42 Å². The fraction of sp³-hybridized carbons (Fsp3) is 0.455. The summed E-state index contributed by atoms with van der Waals surface area (Å²) in [6.07, 6.45) is 1.78. The molecule has 0 aliphatic heterocycles. The van der Waals surface area contributed by atoms with Crippen molar-refractivity contribution >= 4 is 10.2 Å². The minimum absolute atomic E-state index is 0.0800. The minimum atomic E-state index is -3.34. The lowest BCUT2D eigenvalue weighted by molar-refractivity contribution is 0.487. The fourth-order valence-corrected chi connectivity index (χ4v) is 2.78. The zero-order valence-corrected chi connectivity index (χ0v) is 10.3. The summed E-state index contributed by atoms with van der Waals surface area (Å²) in [5, 5.41) is 0. The number of aryl methyl sites for hydroxylation is 1. The van der Waals surface area contributed by atoms with Crippen LogP contribution in [0.5, 0.6) is 0 Å². The molecule has 1 aromatic rings. The summed E-state index contributed by atoms with van der Waals surface area (Å²) < 4.78 is 27.3. The quantitative estimate of drug-likeness (QED) is 0.859. The molecule has 4 nitrogen and oxygen atoms in total. The summed E-state index contributed by atoms with van der Waals surface area (Å²) in [4.78, 5) is 0. The Hall–Kier alpha value is -0.910. The third-order valence-corrected chi connectivity index (χ3v) is 4.45. The van der Waals surface area contributed by atoms with Crippen molar-refractivity contribution in [2.45, 2.75) is 18.9 Å². The van der Waals surface area contributed by atoms with Gasteiger partial charge in [0, 0.05) is 20.1 Å². The zero-order chi connectivity index (χ0) is 11.8. The number of fused-ring (bicyclic) bond motifs is 1. The van der Waals surface area contributed by atoms with Crippen LogP contribution in [0.1, 0.15) is 23.6 Å². The van der Waals surface area contributed by atoms with Crippen molar-refractivity contribution in [1.82, 2.24) is 9.03 Å². The third-order valence-electron chi connectivity index (χ3n) is 2.90. The molecule has 88 valence electrons. The van der Waals surface area contributed by atoms with E-state index in [0.717, 1.165) is 18.4 Å². The van der Waals surface area contributed by atoms with Gasteiger partial charge in [-0.05, 0) is 24.0 Å². The van der Waals surface area contributed by atoms with E-state index < -0.39 is 10.2 Å². The summed E-state index contributed by atoms with van der Waals surface area (Å²) in [7, 11) is -0.279. The molecule has 2 rings (SSSR count). The van der Waals surface area contributed by atoms with Crippen LogP contribution in [0.3, 0.4) is 0 Å². The molecule has 0 aromatic heterocycles. The number of hydrogen-bond donors (Lipinski definition) is 1. The van der Waals surface area contributed by atoms with Crippen LogP contribution in [0, 0.1) is 0 Å². The van der Waals surface area contributed by atoms with E-state index in [2.05, 4.69) is 10.8 Å². The highest BCUT2D eigenvalue weighted by molar-refractivity contribution is 7.87. The molecule has 16 heavy (non-hydrogen) atoms. The number of nitrogens with zero attached hydrogens (tertiary/aromatic N) is 1. The van der Waals surface area contributed by atoms with Crippen molar-refractivity contribution in [2.75, 3.05) is 14.1 Å². The van der Waals surface area contributed by atoms with Crippen LogP contribution in [0.4, 0.5) is 0 Å². The lowest BCUT2D eigenvalue weighted by atomic mass is 10.1. The zero-order valence-electron chi connectivity index (χ0n) is 9.47. The Morgan fingerprint density at radius 3 is 2.69 bits per heavy atom. The first-order valence-electron chi connectivity index (χ1n) is 5.28. The molecule has 0 bridgehead atoms. The van der Waals surface area contributed by atoms with Gasteiger partial charge >= 0.3 is 0 Å². The standard InChI is InChI=1S/C11H16N2O2S/c1-13(2)16(14,15)12-11-8-7-9-5-3-4-6-10(9)11/h3-6,11-12H,7-8H2,1-2H3. The van der Waals surface area contributed by atoms with Crippen LogP contribution in [0.25, 0.3) is 0 Å². The summed E-state index contributed by atoms with van der Waals surface area (Å²) in [5.74, 6) is 0. The Kier molecular flexibility index (Phi) is 3.01. The highest BCUT2D eigenvalue weighted by Crippen LogP contribution is 2.31. The third kappa shape index (κ3) is 2.11. The second kappa shape index (κ2) is 4.16. The molecule has 0 radical (unpaired) electrons. The van der Waals surface area contributed by atoms with Crippen molar-refractivity contribution in [1.29, 1.82) is 0 Å². The molecule has 5 heteroatoms. The molecule has 1 aromatic carbocycles. The summed E-state index contributed by atoms with van der Waals surface area (Å²) in [5.41, 5.74) is 2.35. The second-order valence-electron chi connectivity index (χ2n) is 4.20. The number of benzene rings is 1. The maximum absolute atomic E-state index is 11.7. The predicted molar refractivity (Wildman–Crippen MR) is 63.2 cm³/mol. The van der Waals surface area contributed by atoms with Gasteiger partial charge in [0.15, 0.2) is 0 Å². The maximum Gasteiger partial charge on any atom is 0.279 e. The predicted octanol–water partition coefficient (Wildman–Crippen LogP) is 1.07. The van der Waals surface area contributed by atoms with Gasteiger partial charge in [0.2, 0.25) is 0 Å². The van der Waals surface area contributed by atoms with E-state index in [1.54, 1.807) is 0 Å². The van der Waals surface area contributed by atoms with Gasteiger partial charge in [0.25, 0.3) is 10.2 Å². The van der Waals surface area contributed by atoms with Crippen LogP contribution in [0.2, 0.25) is 0 Å². The molecule has 1 aliphatic rings. The minimum Gasteiger partial charge on any atom is -0.195 e. The van der Waals surface area contributed by atoms with Gasteiger partial charge < -0.3 is 0 Å². The molecule has 0 saturated heterocycles. The summed E-state index contributed by atoms with van der Waals surface area (Å²) in [6, 6.07) is 7.90. The van der Waals surface area contributed by atoms with E-state index in [-0.39, 0.29) is 6.04 Å². The summed E-state index contributed by atoms with van der Waals surface area (Å²) >= 11 is 0. The topological polar surface area (TPSA) is 49.4 Å². The van der Waals surface area contributed by atoms with E-state index in [4.69, 9.17) is 0 Å². The first kappa shape index (κ1) is 11.6. The lowest BCUT2D eigenvalue weighted by Gasteiger charge is -2.17. The molecule has 0 heterocycles.